The maximum Gasteiger partial charge on any atom is 0.284 e. The summed E-state index contributed by atoms with van der Waals surface area (Å²) in [5.74, 6) is 0.137. The molecule has 2 aliphatic rings. The van der Waals surface area contributed by atoms with Gasteiger partial charge < -0.3 is 9.15 Å². The van der Waals surface area contributed by atoms with E-state index >= 15 is 0 Å². The number of rotatable bonds is 6. The summed E-state index contributed by atoms with van der Waals surface area (Å²) in [6, 6.07) is 17.1. The first kappa shape index (κ1) is 22.3. The summed E-state index contributed by atoms with van der Waals surface area (Å²) in [5.41, 5.74) is 0.945. The van der Waals surface area contributed by atoms with Gasteiger partial charge in [0.1, 0.15) is 22.3 Å². The standard InChI is InChI=1S/C24H17N5O5S/c1-2-33-15-8-10-17(19(13-15)29(31)32)20-11-9-16(34-20)12-18-21(25)28-24(26-22(18)30)35-23(27-28)14-6-4-3-5-7-14/h3-13,25H,2H2,1H3/b18-12+,25-21?. The molecule has 2 aromatic carbocycles. The van der Waals surface area contributed by atoms with Crippen LogP contribution in [-0.4, -0.2) is 38.5 Å². The van der Waals surface area contributed by atoms with Crippen LogP contribution in [0.2, 0.25) is 0 Å². The van der Waals surface area contributed by atoms with Gasteiger partial charge in [-0.1, -0.05) is 30.3 Å². The number of carbonyl (C=O) groups excluding carboxylic acids is 1. The second-order valence-electron chi connectivity index (χ2n) is 7.36. The lowest BCUT2D eigenvalue weighted by Gasteiger charge is -2.19. The quantitative estimate of drug-likeness (QED) is 0.296. The van der Waals surface area contributed by atoms with E-state index in [1.165, 1.54) is 28.9 Å². The van der Waals surface area contributed by atoms with Crippen LogP contribution < -0.4 is 4.74 Å². The molecule has 0 aliphatic carbocycles. The molecule has 1 aromatic heterocycles. The van der Waals surface area contributed by atoms with Crippen molar-refractivity contribution >= 4 is 45.5 Å². The Hall–Kier alpha value is -4.51. The first-order valence-electron chi connectivity index (χ1n) is 10.5. The van der Waals surface area contributed by atoms with Crippen molar-refractivity contribution in [2.45, 2.75) is 6.92 Å². The normalized spacial score (nSPS) is 16.3. The van der Waals surface area contributed by atoms with Crippen LogP contribution >= 0.6 is 11.8 Å². The van der Waals surface area contributed by atoms with Gasteiger partial charge in [0.25, 0.3) is 11.6 Å². The number of amidine groups is 2. The summed E-state index contributed by atoms with van der Waals surface area (Å²) in [7, 11) is 0. The van der Waals surface area contributed by atoms with Gasteiger partial charge in [-0.25, -0.2) is 0 Å². The number of nitrogens with zero attached hydrogens (tertiary/aromatic N) is 4. The molecular weight excluding hydrogens is 470 g/mol. The molecule has 174 valence electrons. The fraction of sp³-hybridized carbons (Fsp3) is 0.0833. The minimum Gasteiger partial charge on any atom is -0.494 e. The largest absolute Gasteiger partial charge is 0.494 e. The summed E-state index contributed by atoms with van der Waals surface area (Å²) in [5, 5.41) is 26.8. The molecule has 35 heavy (non-hydrogen) atoms. The van der Waals surface area contributed by atoms with Gasteiger partial charge in [-0.05, 0) is 49.0 Å². The number of ether oxygens (including phenoxy) is 1. The number of hydrogen-bond donors (Lipinski definition) is 1. The van der Waals surface area contributed by atoms with Crippen molar-refractivity contribution in [3.8, 4) is 17.1 Å². The average molecular weight is 487 g/mol. The lowest BCUT2D eigenvalue weighted by Crippen LogP contribution is -2.35. The van der Waals surface area contributed by atoms with Gasteiger partial charge >= 0.3 is 0 Å². The maximum atomic E-state index is 12.7. The predicted octanol–water partition coefficient (Wildman–Crippen LogP) is 4.92. The molecule has 11 heteroatoms. The number of nitro benzene ring substituents is 1. The highest BCUT2D eigenvalue weighted by atomic mass is 32.2. The number of amides is 1. The van der Waals surface area contributed by atoms with Crippen molar-refractivity contribution in [3.63, 3.8) is 0 Å². The lowest BCUT2D eigenvalue weighted by molar-refractivity contribution is -0.384. The van der Waals surface area contributed by atoms with Crippen molar-refractivity contribution in [1.29, 1.82) is 5.41 Å². The summed E-state index contributed by atoms with van der Waals surface area (Å²) in [4.78, 5) is 27.8. The van der Waals surface area contributed by atoms with Crippen molar-refractivity contribution in [2.75, 3.05) is 6.61 Å². The highest BCUT2D eigenvalue weighted by Gasteiger charge is 2.36. The third-order valence-corrected chi connectivity index (χ3v) is 6.09. The zero-order valence-electron chi connectivity index (χ0n) is 18.3. The van der Waals surface area contributed by atoms with Crippen LogP contribution in [0.15, 0.2) is 80.7 Å². The summed E-state index contributed by atoms with van der Waals surface area (Å²) < 4.78 is 11.1. The van der Waals surface area contributed by atoms with E-state index in [1.807, 2.05) is 30.3 Å². The van der Waals surface area contributed by atoms with Crippen LogP contribution in [0.1, 0.15) is 18.2 Å². The first-order valence-corrected chi connectivity index (χ1v) is 11.3. The predicted molar refractivity (Wildman–Crippen MR) is 133 cm³/mol. The number of fused-ring (bicyclic) bond motifs is 1. The minimum atomic E-state index is -0.594. The molecule has 0 spiro atoms. The summed E-state index contributed by atoms with van der Waals surface area (Å²) >= 11 is 1.21. The molecule has 0 unspecified atom stereocenters. The number of thioether (sulfide) groups is 1. The molecule has 1 N–H and O–H groups in total. The summed E-state index contributed by atoms with van der Waals surface area (Å²) in [6.45, 7) is 2.17. The number of furan rings is 1. The fourth-order valence-electron chi connectivity index (χ4n) is 3.53. The Bertz CT molecular complexity index is 1460. The molecule has 0 fully saturated rings. The molecule has 0 bridgehead atoms. The van der Waals surface area contributed by atoms with Crippen molar-refractivity contribution < 1.29 is 18.9 Å². The first-order chi connectivity index (χ1) is 16.9. The smallest absolute Gasteiger partial charge is 0.284 e. The van der Waals surface area contributed by atoms with Gasteiger partial charge in [-0.3, -0.25) is 20.3 Å². The van der Waals surface area contributed by atoms with E-state index in [4.69, 9.17) is 14.6 Å². The monoisotopic (exact) mass is 487 g/mol. The molecule has 3 heterocycles. The molecule has 5 rings (SSSR count). The third-order valence-electron chi connectivity index (χ3n) is 5.13. The number of carbonyl (C=O) groups is 1. The number of hydrazone groups is 1. The highest BCUT2D eigenvalue weighted by molar-refractivity contribution is 8.27. The number of benzene rings is 2. The molecule has 1 amide bonds. The van der Waals surface area contributed by atoms with Crippen molar-refractivity contribution in [1.82, 2.24) is 5.01 Å². The van der Waals surface area contributed by atoms with Crippen LogP contribution in [0.4, 0.5) is 5.69 Å². The Labute approximate surface area is 203 Å². The lowest BCUT2D eigenvalue weighted by atomic mass is 10.1. The van der Waals surface area contributed by atoms with Crippen LogP contribution in [0.25, 0.3) is 17.4 Å². The minimum absolute atomic E-state index is 0.00509. The molecule has 2 aliphatic heterocycles. The van der Waals surface area contributed by atoms with Gasteiger partial charge in [0.2, 0.25) is 5.17 Å². The Kier molecular flexibility index (Phi) is 5.75. The fourth-order valence-corrected chi connectivity index (χ4v) is 4.43. The van der Waals surface area contributed by atoms with Gasteiger partial charge in [-0.2, -0.15) is 15.1 Å². The zero-order valence-corrected chi connectivity index (χ0v) is 19.1. The number of aliphatic imine (C=N–C) groups is 1. The van der Waals surface area contributed by atoms with Gasteiger partial charge in [0, 0.05) is 5.56 Å². The van der Waals surface area contributed by atoms with Gasteiger partial charge in [-0.15, -0.1) is 0 Å². The SMILES string of the molecule is CCOc1ccc(-c2ccc(/C=C3\C(=N)N4N=C(c5ccccc5)SC4=NC3=O)o2)c([N+](=O)[O-])c1. The van der Waals surface area contributed by atoms with E-state index in [9.17, 15) is 14.9 Å². The number of hydrogen-bond acceptors (Lipinski definition) is 8. The second-order valence-corrected chi connectivity index (χ2v) is 8.32. The van der Waals surface area contributed by atoms with E-state index in [0.29, 0.717) is 22.6 Å². The Balaban J connectivity index is 1.45. The Morgan fingerprint density at radius 1 is 1.20 bits per heavy atom. The van der Waals surface area contributed by atoms with Gasteiger partial charge in [0.05, 0.1) is 28.7 Å². The van der Waals surface area contributed by atoms with Crippen LogP contribution in [0.5, 0.6) is 5.75 Å². The third kappa shape index (κ3) is 4.24. The second kappa shape index (κ2) is 9.03. The van der Waals surface area contributed by atoms with Crippen LogP contribution in [-0.2, 0) is 4.79 Å². The van der Waals surface area contributed by atoms with E-state index in [2.05, 4.69) is 10.1 Å². The molecule has 10 nitrogen and oxygen atoms in total. The summed E-state index contributed by atoms with van der Waals surface area (Å²) in [6.07, 6.45) is 1.38. The van der Waals surface area contributed by atoms with Gasteiger partial charge in [0.15, 0.2) is 5.84 Å². The van der Waals surface area contributed by atoms with E-state index in [1.54, 1.807) is 31.2 Å². The van der Waals surface area contributed by atoms with E-state index in [-0.39, 0.29) is 34.2 Å². The van der Waals surface area contributed by atoms with E-state index < -0.39 is 10.8 Å². The molecule has 0 radical (unpaired) electrons. The van der Waals surface area contributed by atoms with Crippen LogP contribution in [0, 0.1) is 15.5 Å². The Morgan fingerprint density at radius 2 is 2.00 bits per heavy atom. The number of nitrogens with one attached hydrogen (secondary N) is 1. The van der Waals surface area contributed by atoms with E-state index in [0.717, 1.165) is 5.56 Å². The molecule has 3 aromatic rings. The van der Waals surface area contributed by atoms with Crippen molar-refractivity contribution in [2.24, 2.45) is 10.1 Å². The molecule has 0 atom stereocenters. The molecule has 0 saturated carbocycles. The number of nitro groups is 1. The molecular formula is C24H17N5O5S. The highest BCUT2D eigenvalue weighted by Crippen LogP contribution is 2.35. The Morgan fingerprint density at radius 3 is 2.74 bits per heavy atom. The zero-order chi connectivity index (χ0) is 24.5. The topological polar surface area (TPSA) is 134 Å². The average Bonchev–Trinajstić information content (AvgIpc) is 3.50. The van der Waals surface area contributed by atoms with Crippen LogP contribution in [0.3, 0.4) is 0 Å². The van der Waals surface area contributed by atoms with Crippen molar-refractivity contribution in [3.05, 3.63) is 87.7 Å². The molecule has 0 saturated heterocycles. The maximum absolute atomic E-state index is 12.7.